The van der Waals surface area contributed by atoms with Crippen LogP contribution >= 0.6 is 0 Å². The first-order chi connectivity index (χ1) is 12.7. The van der Waals surface area contributed by atoms with E-state index in [4.69, 9.17) is 4.74 Å². The van der Waals surface area contributed by atoms with Crippen molar-refractivity contribution in [1.82, 2.24) is 9.97 Å². The van der Waals surface area contributed by atoms with Gasteiger partial charge in [-0.2, -0.15) is 0 Å². The van der Waals surface area contributed by atoms with Crippen molar-refractivity contribution in [2.75, 3.05) is 6.61 Å². The molecule has 1 heterocycles. The van der Waals surface area contributed by atoms with Crippen LogP contribution in [0.25, 0.3) is 6.08 Å². The Labute approximate surface area is 153 Å². The SMILES string of the molecule is CCOC(=O)/C=C/c1ccc(Cc2nc(Cc3ccccc3)c[nH]2)cc1. The topological polar surface area (TPSA) is 55.0 Å². The molecule has 4 heteroatoms. The minimum atomic E-state index is -0.321. The quantitative estimate of drug-likeness (QED) is 0.516. The number of H-pyrrole nitrogens is 1. The Balaban J connectivity index is 1.58. The Morgan fingerprint density at radius 1 is 1.04 bits per heavy atom. The number of imidazole rings is 1. The third-order valence-electron chi connectivity index (χ3n) is 3.96. The van der Waals surface area contributed by atoms with Crippen LogP contribution in [0.15, 0.2) is 66.9 Å². The van der Waals surface area contributed by atoms with E-state index >= 15 is 0 Å². The van der Waals surface area contributed by atoms with Crippen LogP contribution in [-0.2, 0) is 22.4 Å². The number of carbonyl (C=O) groups excluding carboxylic acids is 1. The second kappa shape index (κ2) is 8.81. The van der Waals surface area contributed by atoms with Gasteiger partial charge in [-0.3, -0.25) is 0 Å². The van der Waals surface area contributed by atoms with Crippen molar-refractivity contribution in [1.29, 1.82) is 0 Å². The highest BCUT2D eigenvalue weighted by Crippen LogP contribution is 2.12. The molecule has 1 aromatic heterocycles. The van der Waals surface area contributed by atoms with Crippen molar-refractivity contribution < 1.29 is 9.53 Å². The van der Waals surface area contributed by atoms with Gasteiger partial charge in [0.25, 0.3) is 0 Å². The molecule has 26 heavy (non-hydrogen) atoms. The Kier molecular flexibility index (Phi) is 5.99. The average molecular weight is 346 g/mol. The van der Waals surface area contributed by atoms with Gasteiger partial charge in [-0.05, 0) is 29.7 Å². The van der Waals surface area contributed by atoms with Gasteiger partial charge >= 0.3 is 5.97 Å². The van der Waals surface area contributed by atoms with Gasteiger partial charge in [-0.25, -0.2) is 9.78 Å². The lowest BCUT2D eigenvalue weighted by Gasteiger charge is -2.00. The van der Waals surface area contributed by atoms with Crippen molar-refractivity contribution >= 4 is 12.0 Å². The molecular weight excluding hydrogens is 324 g/mol. The molecule has 2 aromatic carbocycles. The predicted molar refractivity (Wildman–Crippen MR) is 103 cm³/mol. The van der Waals surface area contributed by atoms with Gasteiger partial charge in [0.15, 0.2) is 0 Å². The monoisotopic (exact) mass is 346 g/mol. The van der Waals surface area contributed by atoms with E-state index in [-0.39, 0.29) is 5.97 Å². The summed E-state index contributed by atoms with van der Waals surface area (Å²) in [6.45, 7) is 2.18. The molecule has 0 spiro atoms. The molecular formula is C22H22N2O2. The average Bonchev–Trinajstić information content (AvgIpc) is 3.09. The normalized spacial score (nSPS) is 11.0. The number of ether oxygens (including phenoxy) is 1. The molecule has 3 rings (SSSR count). The second-order valence-corrected chi connectivity index (χ2v) is 6.00. The lowest BCUT2D eigenvalue weighted by molar-refractivity contribution is -0.137. The Hall–Kier alpha value is -3.14. The zero-order valence-electron chi connectivity index (χ0n) is 14.8. The van der Waals surface area contributed by atoms with E-state index in [1.165, 1.54) is 17.2 Å². The largest absolute Gasteiger partial charge is 0.463 e. The van der Waals surface area contributed by atoms with E-state index in [1.807, 2.05) is 48.7 Å². The summed E-state index contributed by atoms with van der Waals surface area (Å²) in [6.07, 6.45) is 6.75. The Morgan fingerprint density at radius 3 is 2.50 bits per heavy atom. The third kappa shape index (κ3) is 5.18. The fraction of sp³-hybridized carbons (Fsp3) is 0.182. The number of aromatic amines is 1. The summed E-state index contributed by atoms with van der Waals surface area (Å²) >= 11 is 0. The van der Waals surface area contributed by atoms with Crippen LogP contribution in [0.5, 0.6) is 0 Å². The van der Waals surface area contributed by atoms with E-state index in [0.29, 0.717) is 6.61 Å². The molecule has 132 valence electrons. The summed E-state index contributed by atoms with van der Waals surface area (Å²) in [6, 6.07) is 18.4. The zero-order chi connectivity index (χ0) is 18.2. The van der Waals surface area contributed by atoms with Gasteiger partial charge in [0.2, 0.25) is 0 Å². The maximum atomic E-state index is 11.3. The fourth-order valence-corrected chi connectivity index (χ4v) is 2.69. The highest BCUT2D eigenvalue weighted by Gasteiger charge is 2.04. The van der Waals surface area contributed by atoms with Crippen molar-refractivity contribution in [3.8, 4) is 0 Å². The van der Waals surface area contributed by atoms with Crippen molar-refractivity contribution in [2.45, 2.75) is 19.8 Å². The zero-order valence-corrected chi connectivity index (χ0v) is 14.8. The smallest absolute Gasteiger partial charge is 0.330 e. The van der Waals surface area contributed by atoms with E-state index in [2.05, 4.69) is 22.1 Å². The molecule has 0 bridgehead atoms. The molecule has 4 nitrogen and oxygen atoms in total. The van der Waals surface area contributed by atoms with Gasteiger partial charge in [-0.15, -0.1) is 0 Å². The molecule has 0 aliphatic heterocycles. The molecule has 0 aliphatic rings. The summed E-state index contributed by atoms with van der Waals surface area (Å²) in [4.78, 5) is 19.3. The molecule has 3 aromatic rings. The van der Waals surface area contributed by atoms with Crippen LogP contribution in [0, 0.1) is 0 Å². The van der Waals surface area contributed by atoms with Crippen LogP contribution in [-0.4, -0.2) is 22.5 Å². The number of aromatic nitrogens is 2. The van der Waals surface area contributed by atoms with Gasteiger partial charge in [-0.1, -0.05) is 54.6 Å². The lowest BCUT2D eigenvalue weighted by Crippen LogP contribution is -1.98. The maximum Gasteiger partial charge on any atom is 0.330 e. The first kappa shape index (κ1) is 17.7. The lowest BCUT2D eigenvalue weighted by atomic mass is 10.1. The highest BCUT2D eigenvalue weighted by molar-refractivity contribution is 5.87. The first-order valence-corrected chi connectivity index (χ1v) is 8.74. The molecule has 0 aliphatic carbocycles. The number of esters is 1. The number of benzene rings is 2. The summed E-state index contributed by atoms with van der Waals surface area (Å²) in [7, 11) is 0. The first-order valence-electron chi connectivity index (χ1n) is 8.74. The van der Waals surface area contributed by atoms with Crippen LogP contribution < -0.4 is 0 Å². The van der Waals surface area contributed by atoms with Crippen LogP contribution in [0.2, 0.25) is 0 Å². The fourth-order valence-electron chi connectivity index (χ4n) is 2.69. The summed E-state index contributed by atoms with van der Waals surface area (Å²) in [5.41, 5.74) is 4.42. The predicted octanol–water partition coefficient (Wildman–Crippen LogP) is 4.17. The molecule has 0 saturated heterocycles. The van der Waals surface area contributed by atoms with Crippen molar-refractivity contribution in [3.63, 3.8) is 0 Å². The number of carbonyl (C=O) groups is 1. The number of rotatable bonds is 7. The minimum absolute atomic E-state index is 0.321. The molecule has 0 radical (unpaired) electrons. The standard InChI is InChI=1S/C22H22N2O2/c1-2-26-22(25)13-12-17-8-10-19(11-9-17)15-21-23-16-20(24-21)14-18-6-4-3-5-7-18/h3-13,16H,2,14-15H2,1H3,(H,23,24)/b13-12+. The Morgan fingerprint density at radius 2 is 1.77 bits per heavy atom. The summed E-state index contributed by atoms with van der Waals surface area (Å²) in [5, 5.41) is 0. The van der Waals surface area contributed by atoms with Gasteiger partial charge in [0.05, 0.1) is 12.3 Å². The molecule has 0 saturated carbocycles. The summed E-state index contributed by atoms with van der Waals surface area (Å²) in [5.74, 6) is 0.629. The molecule has 0 atom stereocenters. The van der Waals surface area contributed by atoms with Crippen LogP contribution in [0.4, 0.5) is 0 Å². The van der Waals surface area contributed by atoms with Crippen molar-refractivity contribution in [3.05, 3.63) is 95.1 Å². The Bertz CT molecular complexity index is 865. The number of nitrogens with one attached hydrogen (secondary N) is 1. The summed E-state index contributed by atoms with van der Waals surface area (Å²) < 4.78 is 4.87. The van der Waals surface area contributed by atoms with E-state index in [0.717, 1.165) is 29.9 Å². The molecule has 0 amide bonds. The van der Waals surface area contributed by atoms with Gasteiger partial charge in [0.1, 0.15) is 5.82 Å². The van der Waals surface area contributed by atoms with Crippen LogP contribution in [0.3, 0.4) is 0 Å². The molecule has 1 N–H and O–H groups in total. The van der Waals surface area contributed by atoms with Gasteiger partial charge in [0, 0.05) is 25.1 Å². The second-order valence-electron chi connectivity index (χ2n) is 6.00. The van der Waals surface area contributed by atoms with Crippen LogP contribution in [0.1, 0.15) is 35.1 Å². The number of hydrogen-bond acceptors (Lipinski definition) is 3. The van der Waals surface area contributed by atoms with E-state index in [9.17, 15) is 4.79 Å². The number of hydrogen-bond donors (Lipinski definition) is 1. The minimum Gasteiger partial charge on any atom is -0.463 e. The van der Waals surface area contributed by atoms with E-state index < -0.39 is 0 Å². The molecule has 0 unspecified atom stereocenters. The van der Waals surface area contributed by atoms with E-state index in [1.54, 1.807) is 13.0 Å². The maximum absolute atomic E-state index is 11.3. The van der Waals surface area contributed by atoms with Crippen molar-refractivity contribution in [2.24, 2.45) is 0 Å². The van der Waals surface area contributed by atoms with Gasteiger partial charge < -0.3 is 9.72 Å². The highest BCUT2D eigenvalue weighted by atomic mass is 16.5. The number of nitrogens with zero attached hydrogens (tertiary/aromatic N) is 1. The third-order valence-corrected chi connectivity index (χ3v) is 3.96. The molecule has 0 fully saturated rings.